The van der Waals surface area contributed by atoms with E-state index in [0.717, 1.165) is 61.7 Å². The van der Waals surface area contributed by atoms with E-state index in [1.807, 2.05) is 43.0 Å². The number of pyridine rings is 1. The summed E-state index contributed by atoms with van der Waals surface area (Å²) in [6, 6.07) is 14.2. The highest BCUT2D eigenvalue weighted by molar-refractivity contribution is 5.78. The Kier molecular flexibility index (Phi) is 7.04. The Hall–Kier alpha value is -2.40. The average molecular weight is 382 g/mol. The minimum absolute atomic E-state index is 0.226. The standard InChI is InChI=1S/C23H31N3O2/c1-4-26(5-2)23(27)17-25-14-8-10-19(16-25)22-13-7-12-21(24-22)18-9-6-11-20(15-18)28-3/h6-7,9,11-13,15,19H,4-5,8,10,14,16-17H2,1-3H3. The molecule has 0 saturated carbocycles. The van der Waals surface area contributed by atoms with Crippen LogP contribution in [-0.2, 0) is 4.79 Å². The Morgan fingerprint density at radius 3 is 2.75 bits per heavy atom. The van der Waals surface area contributed by atoms with Gasteiger partial charge in [-0.25, -0.2) is 0 Å². The SMILES string of the molecule is CCN(CC)C(=O)CN1CCCC(c2cccc(-c3cccc(OC)c3)n2)C1. The fourth-order valence-corrected chi connectivity index (χ4v) is 3.93. The first-order valence-electron chi connectivity index (χ1n) is 10.3. The molecule has 0 bridgehead atoms. The van der Waals surface area contributed by atoms with E-state index >= 15 is 0 Å². The van der Waals surface area contributed by atoms with Gasteiger partial charge in [0.2, 0.25) is 5.91 Å². The van der Waals surface area contributed by atoms with Crippen molar-refractivity contribution in [2.75, 3.05) is 39.8 Å². The summed E-state index contributed by atoms with van der Waals surface area (Å²) in [7, 11) is 1.68. The van der Waals surface area contributed by atoms with Crippen LogP contribution in [0.25, 0.3) is 11.3 Å². The minimum atomic E-state index is 0.226. The van der Waals surface area contributed by atoms with E-state index in [9.17, 15) is 4.79 Å². The summed E-state index contributed by atoms with van der Waals surface area (Å²) >= 11 is 0. The van der Waals surface area contributed by atoms with Crippen molar-refractivity contribution >= 4 is 5.91 Å². The Labute approximate surface area is 168 Å². The molecular weight excluding hydrogens is 350 g/mol. The molecule has 0 spiro atoms. The van der Waals surface area contributed by atoms with E-state index in [0.29, 0.717) is 12.5 Å². The molecule has 0 N–H and O–H groups in total. The molecule has 1 unspecified atom stereocenters. The number of methoxy groups -OCH3 is 1. The van der Waals surface area contributed by atoms with Crippen LogP contribution in [0, 0.1) is 0 Å². The summed E-state index contributed by atoms with van der Waals surface area (Å²) in [6.07, 6.45) is 2.21. The summed E-state index contributed by atoms with van der Waals surface area (Å²) in [5.41, 5.74) is 3.14. The zero-order valence-electron chi connectivity index (χ0n) is 17.2. The smallest absolute Gasteiger partial charge is 0.236 e. The largest absolute Gasteiger partial charge is 0.497 e. The maximum absolute atomic E-state index is 12.5. The maximum Gasteiger partial charge on any atom is 0.236 e. The molecule has 0 aliphatic carbocycles. The molecule has 3 rings (SSSR count). The minimum Gasteiger partial charge on any atom is -0.497 e. The van der Waals surface area contributed by atoms with Crippen LogP contribution in [0.1, 0.15) is 38.3 Å². The van der Waals surface area contributed by atoms with Crippen molar-refractivity contribution in [3.05, 3.63) is 48.2 Å². The van der Waals surface area contributed by atoms with E-state index in [1.165, 1.54) is 0 Å². The van der Waals surface area contributed by atoms with Gasteiger partial charge in [-0.05, 0) is 57.5 Å². The van der Waals surface area contributed by atoms with Crippen molar-refractivity contribution in [2.24, 2.45) is 0 Å². The van der Waals surface area contributed by atoms with E-state index in [2.05, 4.69) is 23.1 Å². The Morgan fingerprint density at radius 2 is 2.00 bits per heavy atom. The van der Waals surface area contributed by atoms with Gasteiger partial charge in [-0.3, -0.25) is 14.7 Å². The number of ether oxygens (including phenoxy) is 1. The molecule has 1 aliphatic heterocycles. The second-order valence-electron chi connectivity index (χ2n) is 7.32. The van der Waals surface area contributed by atoms with Crippen molar-refractivity contribution < 1.29 is 9.53 Å². The normalized spacial score (nSPS) is 17.3. The molecule has 150 valence electrons. The summed E-state index contributed by atoms with van der Waals surface area (Å²) in [5, 5.41) is 0. The Bertz CT molecular complexity index is 789. The second-order valence-corrected chi connectivity index (χ2v) is 7.32. The molecule has 28 heavy (non-hydrogen) atoms. The number of likely N-dealkylation sites (N-methyl/N-ethyl adjacent to an activating group) is 1. The van der Waals surface area contributed by atoms with Crippen molar-refractivity contribution in [3.8, 4) is 17.0 Å². The fourth-order valence-electron chi connectivity index (χ4n) is 3.93. The monoisotopic (exact) mass is 381 g/mol. The van der Waals surface area contributed by atoms with Crippen LogP contribution in [-0.4, -0.2) is 60.5 Å². The topological polar surface area (TPSA) is 45.7 Å². The van der Waals surface area contributed by atoms with E-state index < -0.39 is 0 Å². The number of benzene rings is 1. The average Bonchev–Trinajstić information content (AvgIpc) is 2.75. The van der Waals surface area contributed by atoms with Crippen LogP contribution in [0.4, 0.5) is 0 Å². The van der Waals surface area contributed by atoms with Gasteiger partial charge in [-0.1, -0.05) is 18.2 Å². The molecule has 1 aliphatic rings. The number of hydrogen-bond acceptors (Lipinski definition) is 4. The lowest BCUT2D eigenvalue weighted by Gasteiger charge is -2.33. The van der Waals surface area contributed by atoms with Crippen LogP contribution < -0.4 is 4.74 Å². The van der Waals surface area contributed by atoms with Gasteiger partial charge in [0.25, 0.3) is 0 Å². The van der Waals surface area contributed by atoms with Gasteiger partial charge in [-0.2, -0.15) is 0 Å². The van der Waals surface area contributed by atoms with Gasteiger partial charge < -0.3 is 9.64 Å². The van der Waals surface area contributed by atoms with Gasteiger partial charge in [0, 0.05) is 36.8 Å². The number of rotatable bonds is 7. The molecule has 1 fully saturated rings. The Balaban J connectivity index is 1.72. The third-order valence-electron chi connectivity index (χ3n) is 5.53. The first-order valence-corrected chi connectivity index (χ1v) is 10.3. The molecule has 1 atom stereocenters. The number of likely N-dealkylation sites (tertiary alicyclic amines) is 1. The molecule has 2 heterocycles. The molecule has 2 aromatic rings. The van der Waals surface area contributed by atoms with Gasteiger partial charge in [0.05, 0.1) is 19.3 Å². The Morgan fingerprint density at radius 1 is 1.21 bits per heavy atom. The van der Waals surface area contributed by atoms with Gasteiger partial charge in [0.15, 0.2) is 0 Å². The summed E-state index contributed by atoms with van der Waals surface area (Å²) < 4.78 is 5.34. The van der Waals surface area contributed by atoms with Crippen molar-refractivity contribution in [3.63, 3.8) is 0 Å². The summed E-state index contributed by atoms with van der Waals surface area (Å²) in [6.45, 7) is 8.00. The van der Waals surface area contributed by atoms with Crippen LogP contribution in [0.5, 0.6) is 5.75 Å². The highest BCUT2D eigenvalue weighted by Gasteiger charge is 2.25. The number of carbonyl (C=O) groups excluding carboxylic acids is 1. The lowest BCUT2D eigenvalue weighted by Crippen LogP contribution is -2.43. The van der Waals surface area contributed by atoms with Gasteiger partial charge in [0.1, 0.15) is 5.75 Å². The van der Waals surface area contributed by atoms with Gasteiger partial charge >= 0.3 is 0 Å². The molecule has 1 aromatic carbocycles. The predicted octanol–water partition coefficient (Wildman–Crippen LogP) is 3.81. The number of amides is 1. The molecule has 5 nitrogen and oxygen atoms in total. The molecule has 1 amide bonds. The second kappa shape index (κ2) is 9.69. The third kappa shape index (κ3) is 4.90. The number of nitrogens with zero attached hydrogens (tertiary/aromatic N) is 3. The summed E-state index contributed by atoms with van der Waals surface area (Å²) in [4.78, 5) is 21.6. The van der Waals surface area contributed by atoms with E-state index in [-0.39, 0.29) is 5.91 Å². The number of aromatic nitrogens is 1. The highest BCUT2D eigenvalue weighted by Crippen LogP contribution is 2.28. The van der Waals surface area contributed by atoms with Crippen LogP contribution in [0.2, 0.25) is 0 Å². The third-order valence-corrected chi connectivity index (χ3v) is 5.53. The number of carbonyl (C=O) groups is 1. The molecule has 1 saturated heterocycles. The zero-order chi connectivity index (χ0) is 19.9. The van der Waals surface area contributed by atoms with Crippen LogP contribution in [0.15, 0.2) is 42.5 Å². The van der Waals surface area contributed by atoms with E-state index in [4.69, 9.17) is 9.72 Å². The fraction of sp³-hybridized carbons (Fsp3) is 0.478. The van der Waals surface area contributed by atoms with Gasteiger partial charge in [-0.15, -0.1) is 0 Å². The van der Waals surface area contributed by atoms with Crippen LogP contribution in [0.3, 0.4) is 0 Å². The summed E-state index contributed by atoms with van der Waals surface area (Å²) in [5.74, 6) is 1.43. The molecule has 1 aromatic heterocycles. The lowest BCUT2D eigenvalue weighted by atomic mass is 9.93. The predicted molar refractivity (Wildman–Crippen MR) is 113 cm³/mol. The number of piperidine rings is 1. The quantitative estimate of drug-likeness (QED) is 0.732. The van der Waals surface area contributed by atoms with Crippen LogP contribution >= 0.6 is 0 Å². The first-order chi connectivity index (χ1) is 13.6. The maximum atomic E-state index is 12.5. The number of hydrogen-bond donors (Lipinski definition) is 0. The molecular formula is C23H31N3O2. The van der Waals surface area contributed by atoms with Crippen molar-refractivity contribution in [2.45, 2.75) is 32.6 Å². The lowest BCUT2D eigenvalue weighted by molar-refractivity contribution is -0.132. The molecule has 0 radical (unpaired) electrons. The first kappa shape index (κ1) is 20.3. The van der Waals surface area contributed by atoms with Crippen molar-refractivity contribution in [1.82, 2.24) is 14.8 Å². The van der Waals surface area contributed by atoms with E-state index in [1.54, 1.807) is 7.11 Å². The highest BCUT2D eigenvalue weighted by atomic mass is 16.5. The van der Waals surface area contributed by atoms with Crippen molar-refractivity contribution in [1.29, 1.82) is 0 Å². The zero-order valence-corrected chi connectivity index (χ0v) is 17.2. The molecule has 5 heteroatoms.